The first kappa shape index (κ1) is 14.4. The van der Waals surface area contributed by atoms with Crippen molar-refractivity contribution in [3.05, 3.63) is 71.3 Å². The van der Waals surface area contributed by atoms with Gasteiger partial charge in [0.2, 0.25) is 0 Å². The number of carboxylic acids is 1. The molecule has 0 saturated carbocycles. The van der Waals surface area contributed by atoms with Crippen LogP contribution in [0.4, 0.5) is 5.69 Å². The largest absolute Gasteiger partial charge is 0.478 e. The number of carbonyl (C=O) groups is 1. The fourth-order valence-corrected chi connectivity index (χ4v) is 1.91. The van der Waals surface area contributed by atoms with Crippen molar-refractivity contribution >= 4 is 17.7 Å². The summed E-state index contributed by atoms with van der Waals surface area (Å²) in [5.41, 5.74) is 3.26. The molecule has 21 heavy (non-hydrogen) atoms. The van der Waals surface area contributed by atoms with Crippen molar-refractivity contribution in [2.24, 2.45) is 0 Å². The number of hydrogen-bond acceptors (Lipinski definition) is 3. The van der Waals surface area contributed by atoms with Crippen molar-refractivity contribution in [2.45, 2.75) is 6.54 Å². The van der Waals surface area contributed by atoms with Crippen LogP contribution >= 0.6 is 0 Å². The number of nitriles is 1. The minimum atomic E-state index is -0.980. The van der Waals surface area contributed by atoms with E-state index >= 15 is 0 Å². The van der Waals surface area contributed by atoms with Crippen molar-refractivity contribution < 1.29 is 9.90 Å². The van der Waals surface area contributed by atoms with Gasteiger partial charge >= 0.3 is 5.97 Å². The van der Waals surface area contributed by atoms with Gasteiger partial charge in [-0.3, -0.25) is 0 Å². The first-order valence-corrected chi connectivity index (χ1v) is 6.42. The molecule has 104 valence electrons. The topological polar surface area (TPSA) is 73.1 Å². The van der Waals surface area contributed by atoms with Crippen LogP contribution in [0.3, 0.4) is 0 Å². The fourth-order valence-electron chi connectivity index (χ4n) is 1.91. The predicted octanol–water partition coefficient (Wildman–Crippen LogP) is 3.27. The zero-order valence-corrected chi connectivity index (χ0v) is 11.3. The molecule has 2 N–H and O–H groups in total. The first-order valence-electron chi connectivity index (χ1n) is 6.42. The summed E-state index contributed by atoms with van der Waals surface area (Å²) in [6, 6.07) is 16.9. The summed E-state index contributed by atoms with van der Waals surface area (Å²) in [5, 5.41) is 20.8. The van der Waals surface area contributed by atoms with Gasteiger partial charge in [0.1, 0.15) is 0 Å². The lowest BCUT2D eigenvalue weighted by molar-refractivity contribution is -0.131. The summed E-state index contributed by atoms with van der Waals surface area (Å²) in [6.45, 7) is 0.563. The molecule has 0 heterocycles. The molecule has 0 aliphatic rings. The summed E-state index contributed by atoms with van der Waals surface area (Å²) in [6.07, 6.45) is 2.66. The molecular weight excluding hydrogens is 264 g/mol. The maximum absolute atomic E-state index is 10.6. The molecule has 0 aromatic heterocycles. The van der Waals surface area contributed by atoms with Gasteiger partial charge in [-0.05, 0) is 35.4 Å². The van der Waals surface area contributed by atoms with Gasteiger partial charge in [0, 0.05) is 18.3 Å². The second-order valence-corrected chi connectivity index (χ2v) is 4.42. The Kier molecular flexibility index (Phi) is 4.73. The number of hydrogen-bond donors (Lipinski definition) is 2. The Balaban J connectivity index is 2.13. The predicted molar refractivity (Wildman–Crippen MR) is 81.6 cm³/mol. The number of rotatable bonds is 5. The lowest BCUT2D eigenvalue weighted by Gasteiger charge is -2.09. The molecule has 2 aromatic rings. The molecule has 4 heteroatoms. The molecule has 0 bridgehead atoms. The Bertz CT molecular complexity index is 715. The van der Waals surface area contributed by atoms with Gasteiger partial charge in [-0.1, -0.05) is 30.3 Å². The molecule has 2 aromatic carbocycles. The standard InChI is InChI=1S/C17H14N2O2/c18-11-13-4-3-5-14(10-13)12-19-16-7-2-1-6-15(16)8-9-17(20)21/h1-10,19H,12H2,(H,20,21). The normalized spacial score (nSPS) is 10.2. The molecule has 0 aliphatic carbocycles. The summed E-state index contributed by atoms with van der Waals surface area (Å²) in [7, 11) is 0. The Morgan fingerprint density at radius 2 is 2.05 bits per heavy atom. The number of anilines is 1. The second kappa shape index (κ2) is 6.92. The van der Waals surface area contributed by atoms with Crippen LogP contribution in [0.2, 0.25) is 0 Å². The average molecular weight is 278 g/mol. The molecule has 0 spiro atoms. The molecule has 4 nitrogen and oxygen atoms in total. The van der Waals surface area contributed by atoms with Crippen molar-refractivity contribution in [1.29, 1.82) is 5.26 Å². The molecule has 0 unspecified atom stereocenters. The summed E-state index contributed by atoms with van der Waals surface area (Å²) >= 11 is 0. The molecule has 0 atom stereocenters. The molecule has 0 fully saturated rings. The van der Waals surface area contributed by atoms with E-state index in [1.54, 1.807) is 12.1 Å². The molecular formula is C17H14N2O2. The summed E-state index contributed by atoms with van der Waals surface area (Å²) in [4.78, 5) is 10.6. The van der Waals surface area contributed by atoms with E-state index in [9.17, 15) is 4.79 Å². The minimum absolute atomic E-state index is 0.563. The molecule has 2 rings (SSSR count). The van der Waals surface area contributed by atoms with Crippen LogP contribution < -0.4 is 5.32 Å². The summed E-state index contributed by atoms with van der Waals surface area (Å²) in [5.74, 6) is -0.980. The third kappa shape index (κ3) is 4.22. The van der Waals surface area contributed by atoms with Crippen LogP contribution in [0.1, 0.15) is 16.7 Å². The van der Waals surface area contributed by atoms with E-state index in [4.69, 9.17) is 10.4 Å². The fraction of sp³-hybridized carbons (Fsp3) is 0.0588. The second-order valence-electron chi connectivity index (χ2n) is 4.42. The Morgan fingerprint density at radius 3 is 2.81 bits per heavy atom. The van der Waals surface area contributed by atoms with Gasteiger partial charge < -0.3 is 10.4 Å². The van der Waals surface area contributed by atoms with Gasteiger partial charge in [0.05, 0.1) is 11.6 Å². The highest BCUT2D eigenvalue weighted by Crippen LogP contribution is 2.18. The molecule has 0 aliphatic heterocycles. The quantitative estimate of drug-likeness (QED) is 0.823. The zero-order chi connectivity index (χ0) is 15.1. The highest BCUT2D eigenvalue weighted by atomic mass is 16.4. The summed E-state index contributed by atoms with van der Waals surface area (Å²) < 4.78 is 0. The number of nitrogens with one attached hydrogen (secondary N) is 1. The number of carboxylic acid groups (broad SMARTS) is 1. The van der Waals surface area contributed by atoms with Gasteiger partial charge in [0.25, 0.3) is 0 Å². The lowest BCUT2D eigenvalue weighted by Crippen LogP contribution is -2.01. The SMILES string of the molecule is N#Cc1cccc(CNc2ccccc2C=CC(=O)O)c1. The van der Waals surface area contributed by atoms with Crippen LogP contribution in [0.25, 0.3) is 6.08 Å². The van der Waals surface area contributed by atoms with Crippen molar-refractivity contribution in [3.8, 4) is 6.07 Å². The van der Waals surface area contributed by atoms with Crippen LogP contribution in [-0.2, 0) is 11.3 Å². The molecule has 0 saturated heterocycles. The highest BCUT2D eigenvalue weighted by Gasteiger charge is 2.00. The maximum atomic E-state index is 10.6. The Hall–Kier alpha value is -3.06. The van der Waals surface area contributed by atoms with Gasteiger partial charge in [-0.2, -0.15) is 5.26 Å². The Labute approximate surface area is 123 Å². The van der Waals surface area contributed by atoms with Gasteiger partial charge in [0.15, 0.2) is 0 Å². The van der Waals surface area contributed by atoms with Crippen LogP contribution in [0.15, 0.2) is 54.6 Å². The number of aliphatic carboxylic acids is 1. The van der Waals surface area contributed by atoms with E-state index in [0.29, 0.717) is 12.1 Å². The van der Waals surface area contributed by atoms with Crippen LogP contribution in [-0.4, -0.2) is 11.1 Å². The number of benzene rings is 2. The monoisotopic (exact) mass is 278 g/mol. The van der Waals surface area contributed by atoms with Crippen molar-refractivity contribution in [2.75, 3.05) is 5.32 Å². The Morgan fingerprint density at radius 1 is 1.24 bits per heavy atom. The van der Waals surface area contributed by atoms with Gasteiger partial charge in [-0.25, -0.2) is 4.79 Å². The van der Waals surface area contributed by atoms with Crippen molar-refractivity contribution in [1.82, 2.24) is 0 Å². The zero-order valence-electron chi connectivity index (χ0n) is 11.3. The average Bonchev–Trinajstić information content (AvgIpc) is 2.52. The van der Waals surface area contributed by atoms with E-state index in [-0.39, 0.29) is 0 Å². The number of para-hydroxylation sites is 1. The lowest BCUT2D eigenvalue weighted by atomic mass is 10.1. The van der Waals surface area contributed by atoms with E-state index in [1.165, 1.54) is 0 Å². The number of nitrogens with zero attached hydrogens (tertiary/aromatic N) is 1. The minimum Gasteiger partial charge on any atom is -0.478 e. The van der Waals surface area contributed by atoms with E-state index in [1.807, 2.05) is 42.5 Å². The van der Waals surface area contributed by atoms with Gasteiger partial charge in [-0.15, -0.1) is 0 Å². The van der Waals surface area contributed by atoms with Crippen molar-refractivity contribution in [3.63, 3.8) is 0 Å². The van der Waals surface area contributed by atoms with E-state index < -0.39 is 5.97 Å². The van der Waals surface area contributed by atoms with E-state index in [0.717, 1.165) is 22.9 Å². The third-order valence-corrected chi connectivity index (χ3v) is 2.91. The molecule has 0 amide bonds. The highest BCUT2D eigenvalue weighted by molar-refractivity contribution is 5.86. The first-order chi connectivity index (χ1) is 10.2. The van der Waals surface area contributed by atoms with Crippen LogP contribution in [0, 0.1) is 11.3 Å². The smallest absolute Gasteiger partial charge is 0.328 e. The third-order valence-electron chi connectivity index (χ3n) is 2.91. The molecule has 0 radical (unpaired) electrons. The van der Waals surface area contributed by atoms with Crippen LogP contribution in [0.5, 0.6) is 0 Å². The maximum Gasteiger partial charge on any atom is 0.328 e. The van der Waals surface area contributed by atoms with E-state index in [2.05, 4.69) is 11.4 Å².